The molecule has 2 aromatic carbocycles. The number of benzene rings is 2. The fraction of sp³-hybridized carbons (Fsp3) is 0.433. The van der Waals surface area contributed by atoms with Gasteiger partial charge in [0.15, 0.2) is 0 Å². The van der Waals surface area contributed by atoms with Crippen molar-refractivity contribution in [2.24, 2.45) is 30.0 Å². The van der Waals surface area contributed by atoms with E-state index in [1.165, 1.54) is 4.57 Å². The number of carbonyl (C=O) groups excluding carboxylic acids is 2. The lowest BCUT2D eigenvalue weighted by molar-refractivity contribution is -0.127. The molecule has 216 valence electrons. The molecule has 3 aromatic rings. The van der Waals surface area contributed by atoms with Crippen LogP contribution in [0.2, 0.25) is 0 Å². The molecule has 10 heteroatoms. The Hall–Kier alpha value is -3.57. The molecule has 10 N–H and O–H groups in total. The fourth-order valence-corrected chi connectivity index (χ4v) is 4.99. The molecule has 1 heterocycles. The summed E-state index contributed by atoms with van der Waals surface area (Å²) in [7, 11) is 1.66. The summed E-state index contributed by atoms with van der Waals surface area (Å²) in [5.74, 6) is -0.907. The lowest BCUT2D eigenvalue weighted by Crippen LogP contribution is -2.50. The molecular formula is C30H43N7O3. The summed E-state index contributed by atoms with van der Waals surface area (Å²) in [4.78, 5) is 39.5. The summed E-state index contributed by atoms with van der Waals surface area (Å²) >= 11 is 0. The highest BCUT2D eigenvalue weighted by atomic mass is 16.2. The summed E-state index contributed by atoms with van der Waals surface area (Å²) in [6, 6.07) is 17.1. The topological polar surface area (TPSA) is 184 Å². The Morgan fingerprint density at radius 3 is 2.25 bits per heavy atom. The Morgan fingerprint density at radius 1 is 0.925 bits per heavy atom. The lowest BCUT2D eigenvalue weighted by atomic mass is 9.86. The van der Waals surface area contributed by atoms with Crippen LogP contribution in [0, 0.1) is 0 Å². The Bertz CT molecular complexity index is 1320. The average Bonchev–Trinajstić information content (AvgIpc) is 2.94. The first-order chi connectivity index (χ1) is 19.2. The van der Waals surface area contributed by atoms with Crippen LogP contribution in [0.4, 0.5) is 5.69 Å². The van der Waals surface area contributed by atoms with E-state index in [1.807, 2.05) is 54.6 Å². The van der Waals surface area contributed by atoms with Crippen LogP contribution in [0.3, 0.4) is 0 Å². The molecular weight excluding hydrogens is 506 g/mol. The number of nitrogens with one attached hydrogen (secondary N) is 2. The molecule has 0 saturated carbocycles. The summed E-state index contributed by atoms with van der Waals surface area (Å²) in [6.07, 6.45) is 3.84. The van der Waals surface area contributed by atoms with Gasteiger partial charge in [-0.1, -0.05) is 48.5 Å². The van der Waals surface area contributed by atoms with Crippen molar-refractivity contribution in [3.05, 3.63) is 76.6 Å². The number of pyridine rings is 1. The highest BCUT2D eigenvalue weighted by molar-refractivity contribution is 5.99. The van der Waals surface area contributed by atoms with E-state index in [4.69, 9.17) is 22.9 Å². The van der Waals surface area contributed by atoms with Crippen LogP contribution >= 0.6 is 0 Å². The Labute approximate surface area is 235 Å². The summed E-state index contributed by atoms with van der Waals surface area (Å²) in [5.41, 5.74) is 25.2. The van der Waals surface area contributed by atoms with Gasteiger partial charge in [-0.15, -0.1) is 0 Å². The van der Waals surface area contributed by atoms with Crippen molar-refractivity contribution in [1.29, 1.82) is 0 Å². The first kappa shape index (κ1) is 31.0. The minimum Gasteiger partial charge on any atom is -0.343 e. The first-order valence-corrected chi connectivity index (χ1v) is 13.9. The number of amides is 2. The van der Waals surface area contributed by atoms with Crippen LogP contribution in [0.25, 0.3) is 10.9 Å². The maximum Gasteiger partial charge on any atom is 0.274 e. The zero-order valence-electron chi connectivity index (χ0n) is 23.3. The fourth-order valence-electron chi connectivity index (χ4n) is 4.99. The number of nitrogens with two attached hydrogens (primary N) is 4. The molecule has 2 amide bonds. The van der Waals surface area contributed by atoms with E-state index in [0.29, 0.717) is 58.0 Å². The Kier molecular flexibility index (Phi) is 11.4. The van der Waals surface area contributed by atoms with Gasteiger partial charge in [-0.2, -0.15) is 0 Å². The molecule has 40 heavy (non-hydrogen) atoms. The van der Waals surface area contributed by atoms with Gasteiger partial charge in [0.1, 0.15) is 11.7 Å². The number of carbonyl (C=O) groups is 2. The number of hydrogen-bond acceptors (Lipinski definition) is 7. The zero-order chi connectivity index (χ0) is 29.1. The highest BCUT2D eigenvalue weighted by Crippen LogP contribution is 2.20. The van der Waals surface area contributed by atoms with Crippen molar-refractivity contribution in [3.63, 3.8) is 0 Å². The molecule has 0 saturated heterocycles. The Morgan fingerprint density at radius 2 is 1.57 bits per heavy atom. The summed E-state index contributed by atoms with van der Waals surface area (Å²) < 4.78 is 1.49. The third kappa shape index (κ3) is 8.46. The molecule has 0 aliphatic rings. The predicted molar refractivity (Wildman–Crippen MR) is 161 cm³/mol. The van der Waals surface area contributed by atoms with Crippen molar-refractivity contribution in [2.75, 3.05) is 18.4 Å². The van der Waals surface area contributed by atoms with E-state index in [-0.39, 0.29) is 11.2 Å². The van der Waals surface area contributed by atoms with Gasteiger partial charge in [-0.25, -0.2) is 0 Å². The standard InChI is InChI=1S/C30H43N7O3/c1-37-26-12-6-5-10-22(26)20-25(29(37)40)36-28(39)24(14-13-21-8-3-2-4-9-21)35-27(38)23(33)11-7-15-30(34,16-18-31)17-19-32/h2-6,8-10,12,20,23-24H,7,11,13-19,31-34H2,1H3,(H,35,38)(H,36,39)/t23-,24+/m0/s1. The van der Waals surface area contributed by atoms with E-state index >= 15 is 0 Å². The maximum atomic E-state index is 13.4. The lowest BCUT2D eigenvalue weighted by Gasteiger charge is -2.29. The smallest absolute Gasteiger partial charge is 0.274 e. The van der Waals surface area contributed by atoms with Crippen LogP contribution in [0.5, 0.6) is 0 Å². The Balaban J connectivity index is 1.71. The van der Waals surface area contributed by atoms with Gasteiger partial charge in [0.2, 0.25) is 11.8 Å². The predicted octanol–water partition coefficient (Wildman–Crippen LogP) is 1.49. The van der Waals surface area contributed by atoms with Crippen LogP contribution in [0.15, 0.2) is 65.5 Å². The summed E-state index contributed by atoms with van der Waals surface area (Å²) in [5, 5.41) is 6.38. The molecule has 2 atom stereocenters. The van der Waals surface area contributed by atoms with E-state index in [9.17, 15) is 14.4 Å². The van der Waals surface area contributed by atoms with Crippen LogP contribution in [0.1, 0.15) is 44.1 Å². The second-order valence-electron chi connectivity index (χ2n) is 10.5. The molecule has 1 aromatic heterocycles. The number of anilines is 1. The van der Waals surface area contributed by atoms with Gasteiger partial charge in [0.25, 0.3) is 5.56 Å². The third-order valence-electron chi connectivity index (χ3n) is 7.40. The second kappa shape index (κ2) is 14.7. The molecule has 0 aliphatic carbocycles. The van der Waals surface area contributed by atoms with Crippen molar-refractivity contribution in [1.82, 2.24) is 9.88 Å². The number of para-hydroxylation sites is 1. The van der Waals surface area contributed by atoms with Gasteiger partial charge in [-0.05, 0) is 75.7 Å². The van der Waals surface area contributed by atoms with Crippen molar-refractivity contribution in [2.45, 2.75) is 62.6 Å². The average molecular weight is 550 g/mol. The highest BCUT2D eigenvalue weighted by Gasteiger charge is 2.27. The molecule has 0 unspecified atom stereocenters. The normalized spacial score (nSPS) is 13.1. The van der Waals surface area contributed by atoms with Gasteiger partial charge in [0.05, 0.1) is 11.6 Å². The van der Waals surface area contributed by atoms with Crippen molar-refractivity contribution in [3.8, 4) is 0 Å². The van der Waals surface area contributed by atoms with E-state index < -0.39 is 29.4 Å². The molecule has 0 radical (unpaired) electrons. The molecule has 0 bridgehead atoms. The maximum absolute atomic E-state index is 13.4. The zero-order valence-corrected chi connectivity index (χ0v) is 23.3. The number of aromatic nitrogens is 1. The molecule has 0 aliphatic heterocycles. The number of hydrogen-bond donors (Lipinski definition) is 6. The van der Waals surface area contributed by atoms with Gasteiger partial charge >= 0.3 is 0 Å². The molecule has 10 nitrogen and oxygen atoms in total. The van der Waals surface area contributed by atoms with E-state index in [2.05, 4.69) is 10.6 Å². The molecule has 0 fully saturated rings. The minimum atomic E-state index is -0.891. The third-order valence-corrected chi connectivity index (χ3v) is 7.40. The van der Waals surface area contributed by atoms with Gasteiger partial charge in [0, 0.05) is 18.0 Å². The van der Waals surface area contributed by atoms with Crippen LogP contribution in [-0.4, -0.2) is 47.1 Å². The van der Waals surface area contributed by atoms with Crippen molar-refractivity contribution >= 4 is 28.4 Å². The monoisotopic (exact) mass is 549 g/mol. The molecule has 3 rings (SSSR count). The largest absolute Gasteiger partial charge is 0.343 e. The van der Waals surface area contributed by atoms with E-state index in [0.717, 1.165) is 16.5 Å². The first-order valence-electron chi connectivity index (χ1n) is 13.9. The van der Waals surface area contributed by atoms with E-state index in [1.54, 1.807) is 13.1 Å². The summed E-state index contributed by atoms with van der Waals surface area (Å²) in [6.45, 7) is 0.920. The van der Waals surface area contributed by atoms with Crippen LogP contribution < -0.4 is 39.1 Å². The number of nitrogens with zero attached hydrogens (tertiary/aromatic N) is 1. The van der Waals surface area contributed by atoms with Crippen LogP contribution in [-0.2, 0) is 23.1 Å². The number of fused-ring (bicyclic) bond motifs is 1. The number of rotatable bonds is 15. The number of aryl methyl sites for hydroxylation is 2. The quantitative estimate of drug-likeness (QED) is 0.166. The SMILES string of the molecule is Cn1c(=O)c(NC(=O)[C@@H](CCc2ccccc2)NC(=O)[C@@H](N)CCCC(N)(CCN)CCN)cc2ccccc21. The van der Waals surface area contributed by atoms with Gasteiger partial charge in [-0.3, -0.25) is 14.4 Å². The van der Waals surface area contributed by atoms with Gasteiger partial charge < -0.3 is 38.1 Å². The molecule has 0 spiro atoms. The van der Waals surface area contributed by atoms with Crippen molar-refractivity contribution < 1.29 is 9.59 Å². The minimum absolute atomic E-state index is 0.147. The second-order valence-corrected chi connectivity index (χ2v) is 10.5.